The van der Waals surface area contributed by atoms with Crippen molar-refractivity contribution in [1.82, 2.24) is 10.3 Å². The van der Waals surface area contributed by atoms with Gasteiger partial charge in [-0.15, -0.1) is 0 Å². The van der Waals surface area contributed by atoms with Crippen LogP contribution >= 0.6 is 0 Å². The van der Waals surface area contributed by atoms with Crippen molar-refractivity contribution in [3.8, 4) is 0 Å². The van der Waals surface area contributed by atoms with Gasteiger partial charge in [-0.05, 0) is 31.4 Å². The Kier molecular flexibility index (Phi) is 7.13. The summed E-state index contributed by atoms with van der Waals surface area (Å²) in [6.07, 6.45) is 7.08. The van der Waals surface area contributed by atoms with Gasteiger partial charge in [0, 0.05) is 32.4 Å². The first-order chi connectivity index (χ1) is 11.2. The van der Waals surface area contributed by atoms with Gasteiger partial charge < -0.3 is 20.7 Å². The van der Waals surface area contributed by atoms with E-state index in [0.717, 1.165) is 24.5 Å². The Bertz CT molecular complexity index is 480. The largest absolute Gasteiger partial charge is 0.383 e. The van der Waals surface area contributed by atoms with E-state index in [1.165, 1.54) is 25.7 Å². The molecule has 6 heteroatoms. The molecule has 1 aliphatic rings. The number of methoxy groups -OCH3 is 1. The van der Waals surface area contributed by atoms with Crippen LogP contribution in [0.2, 0.25) is 0 Å². The Hall–Kier alpha value is -1.82. The number of hydrogen-bond donors (Lipinski definition) is 2. The molecule has 1 aliphatic heterocycles. The number of ether oxygens (including phenoxy) is 1. The van der Waals surface area contributed by atoms with E-state index < -0.39 is 0 Å². The van der Waals surface area contributed by atoms with Crippen molar-refractivity contribution in [1.29, 1.82) is 0 Å². The van der Waals surface area contributed by atoms with E-state index in [0.29, 0.717) is 19.1 Å². The van der Waals surface area contributed by atoms with Gasteiger partial charge in [-0.2, -0.15) is 0 Å². The van der Waals surface area contributed by atoms with Gasteiger partial charge in [0.05, 0.1) is 13.2 Å². The van der Waals surface area contributed by atoms with Crippen LogP contribution in [-0.4, -0.2) is 43.8 Å². The summed E-state index contributed by atoms with van der Waals surface area (Å²) in [5.74, 6) is 1.51. The van der Waals surface area contributed by atoms with Crippen LogP contribution in [0, 0.1) is 0 Å². The Morgan fingerprint density at radius 1 is 1.35 bits per heavy atom. The van der Waals surface area contributed by atoms with Crippen LogP contribution in [0.5, 0.6) is 0 Å². The zero-order chi connectivity index (χ0) is 16.5. The highest BCUT2D eigenvalue weighted by Crippen LogP contribution is 2.17. The molecule has 3 N–H and O–H groups in total. The number of aliphatic imine (C=N–C) groups is 1. The maximum Gasteiger partial charge on any atom is 0.189 e. The molecule has 1 atom stereocenters. The third-order valence-electron chi connectivity index (χ3n) is 3.98. The lowest BCUT2D eigenvalue weighted by molar-refractivity contribution is 0.179. The summed E-state index contributed by atoms with van der Waals surface area (Å²) in [5.41, 5.74) is 6.93. The Labute approximate surface area is 139 Å². The van der Waals surface area contributed by atoms with Crippen LogP contribution in [0.15, 0.2) is 23.3 Å². The van der Waals surface area contributed by atoms with Gasteiger partial charge in [-0.25, -0.2) is 9.98 Å². The monoisotopic (exact) mass is 319 g/mol. The Morgan fingerprint density at radius 2 is 2.09 bits per heavy atom. The molecule has 1 fully saturated rings. The third-order valence-corrected chi connectivity index (χ3v) is 3.98. The minimum absolute atomic E-state index is 0.146. The lowest BCUT2D eigenvalue weighted by Crippen LogP contribution is -2.40. The normalized spacial score (nSPS) is 17.7. The first-order valence-electron chi connectivity index (χ1n) is 8.44. The average molecular weight is 319 g/mol. The summed E-state index contributed by atoms with van der Waals surface area (Å²) in [4.78, 5) is 11.3. The standard InChI is InChI=1S/C17H29N5O/c1-14(13-23-2)21-17(18)20-12-15-7-8-16(19-11-15)22-9-5-3-4-6-10-22/h7-8,11,14H,3-6,9-10,12-13H2,1-2H3,(H3,18,20,21). The molecular formula is C17H29N5O. The second-order valence-electron chi connectivity index (χ2n) is 6.13. The number of anilines is 1. The zero-order valence-corrected chi connectivity index (χ0v) is 14.3. The van der Waals surface area contributed by atoms with Gasteiger partial charge >= 0.3 is 0 Å². The minimum Gasteiger partial charge on any atom is -0.383 e. The first kappa shape index (κ1) is 17.5. The van der Waals surface area contributed by atoms with E-state index in [1.807, 2.05) is 13.1 Å². The molecule has 0 radical (unpaired) electrons. The Morgan fingerprint density at radius 3 is 2.70 bits per heavy atom. The zero-order valence-electron chi connectivity index (χ0n) is 14.3. The van der Waals surface area contributed by atoms with Crippen LogP contribution in [0.3, 0.4) is 0 Å². The van der Waals surface area contributed by atoms with Crippen LogP contribution in [-0.2, 0) is 11.3 Å². The van der Waals surface area contributed by atoms with Gasteiger partial charge in [-0.1, -0.05) is 18.9 Å². The summed E-state index contributed by atoms with van der Waals surface area (Å²) >= 11 is 0. The molecule has 2 heterocycles. The summed E-state index contributed by atoms with van der Waals surface area (Å²) in [6, 6.07) is 4.32. The topological polar surface area (TPSA) is 75.8 Å². The number of hydrogen-bond acceptors (Lipinski definition) is 4. The van der Waals surface area contributed by atoms with E-state index in [1.54, 1.807) is 7.11 Å². The maximum atomic E-state index is 5.87. The van der Waals surface area contributed by atoms with Crippen molar-refractivity contribution in [2.75, 3.05) is 31.7 Å². The fraction of sp³-hybridized carbons (Fsp3) is 0.647. The fourth-order valence-electron chi connectivity index (χ4n) is 2.76. The molecule has 23 heavy (non-hydrogen) atoms. The average Bonchev–Trinajstić information content (AvgIpc) is 2.83. The molecule has 128 valence electrons. The second kappa shape index (κ2) is 9.35. The van der Waals surface area contributed by atoms with Crippen molar-refractivity contribution < 1.29 is 4.74 Å². The molecule has 0 aromatic carbocycles. The van der Waals surface area contributed by atoms with Gasteiger partial charge in [0.15, 0.2) is 5.96 Å². The predicted molar refractivity (Wildman–Crippen MR) is 94.7 cm³/mol. The molecule has 1 unspecified atom stereocenters. The van der Waals surface area contributed by atoms with Crippen molar-refractivity contribution in [3.05, 3.63) is 23.9 Å². The highest BCUT2D eigenvalue weighted by molar-refractivity contribution is 5.78. The fourth-order valence-corrected chi connectivity index (χ4v) is 2.76. The molecule has 1 aromatic heterocycles. The second-order valence-corrected chi connectivity index (χ2v) is 6.13. The molecule has 0 saturated carbocycles. The molecule has 0 aliphatic carbocycles. The third kappa shape index (κ3) is 6.06. The summed E-state index contributed by atoms with van der Waals surface area (Å²) in [5, 5.41) is 3.10. The number of guanidine groups is 1. The number of rotatable bonds is 6. The lowest BCUT2D eigenvalue weighted by Gasteiger charge is -2.21. The Balaban J connectivity index is 1.86. The number of nitrogens with zero attached hydrogens (tertiary/aromatic N) is 3. The van der Waals surface area contributed by atoms with Crippen LogP contribution in [0.25, 0.3) is 0 Å². The van der Waals surface area contributed by atoms with Crippen molar-refractivity contribution in [3.63, 3.8) is 0 Å². The lowest BCUT2D eigenvalue weighted by atomic mass is 10.2. The van der Waals surface area contributed by atoms with Gasteiger partial charge in [0.1, 0.15) is 5.82 Å². The van der Waals surface area contributed by atoms with Gasteiger partial charge in [0.25, 0.3) is 0 Å². The van der Waals surface area contributed by atoms with Crippen molar-refractivity contribution in [2.24, 2.45) is 10.7 Å². The van der Waals surface area contributed by atoms with Crippen molar-refractivity contribution in [2.45, 2.75) is 45.2 Å². The number of aromatic nitrogens is 1. The maximum absolute atomic E-state index is 5.87. The summed E-state index contributed by atoms with van der Waals surface area (Å²) < 4.78 is 5.06. The van der Waals surface area contributed by atoms with E-state index >= 15 is 0 Å². The molecule has 0 spiro atoms. The number of nitrogens with two attached hydrogens (primary N) is 1. The SMILES string of the molecule is COCC(C)NC(N)=NCc1ccc(N2CCCCCC2)nc1. The highest BCUT2D eigenvalue weighted by Gasteiger charge is 2.10. The molecule has 0 bridgehead atoms. The van der Waals surface area contributed by atoms with E-state index in [9.17, 15) is 0 Å². The smallest absolute Gasteiger partial charge is 0.189 e. The van der Waals surface area contributed by atoms with Crippen LogP contribution in [0.1, 0.15) is 38.2 Å². The van der Waals surface area contributed by atoms with E-state index in [4.69, 9.17) is 10.5 Å². The predicted octanol–water partition coefficient (Wildman–Crippen LogP) is 1.90. The van der Waals surface area contributed by atoms with E-state index in [-0.39, 0.29) is 6.04 Å². The minimum atomic E-state index is 0.146. The highest BCUT2D eigenvalue weighted by atomic mass is 16.5. The first-order valence-corrected chi connectivity index (χ1v) is 8.44. The van der Waals surface area contributed by atoms with Gasteiger partial charge in [-0.3, -0.25) is 0 Å². The molecule has 2 rings (SSSR count). The summed E-state index contributed by atoms with van der Waals surface area (Å²) in [7, 11) is 1.67. The molecule has 1 saturated heterocycles. The molecule has 1 aromatic rings. The number of pyridine rings is 1. The molecule has 0 amide bonds. The quantitative estimate of drug-likeness (QED) is 0.619. The van der Waals surface area contributed by atoms with Gasteiger partial charge in [0.2, 0.25) is 0 Å². The summed E-state index contributed by atoms with van der Waals surface area (Å²) in [6.45, 7) is 5.36. The van der Waals surface area contributed by atoms with Crippen LogP contribution in [0.4, 0.5) is 5.82 Å². The van der Waals surface area contributed by atoms with E-state index in [2.05, 4.69) is 32.3 Å². The number of nitrogens with one attached hydrogen (secondary N) is 1. The molecular weight excluding hydrogens is 290 g/mol. The molecule has 6 nitrogen and oxygen atoms in total. The van der Waals surface area contributed by atoms with Crippen molar-refractivity contribution >= 4 is 11.8 Å². The van der Waals surface area contributed by atoms with Crippen LogP contribution < -0.4 is 16.0 Å².